The highest BCUT2D eigenvalue weighted by atomic mass is 16.4. The first-order chi connectivity index (χ1) is 15.6. The molecule has 3 amide bonds. The first-order valence-electron chi connectivity index (χ1n) is 10.6. The van der Waals surface area contributed by atoms with Crippen molar-refractivity contribution in [3.05, 3.63) is 35.4 Å². The van der Waals surface area contributed by atoms with Crippen LogP contribution in [-0.2, 0) is 25.6 Å². The maximum Gasteiger partial charge on any atom is 0.323 e. The Balaban J connectivity index is 0.00000172. The van der Waals surface area contributed by atoms with E-state index in [4.69, 9.17) is 5.11 Å². The van der Waals surface area contributed by atoms with Crippen LogP contribution in [0, 0.1) is 5.92 Å². The third-order valence-electron chi connectivity index (χ3n) is 5.05. The van der Waals surface area contributed by atoms with E-state index in [-0.39, 0.29) is 13.1 Å². The number of carbonyl (C=O) groups is 5. The number of rotatable bonds is 8. The van der Waals surface area contributed by atoms with Gasteiger partial charge in [0.25, 0.3) is 5.91 Å². The lowest BCUT2D eigenvalue weighted by Crippen LogP contribution is -2.63. The predicted molar refractivity (Wildman–Crippen MR) is 120 cm³/mol. The van der Waals surface area contributed by atoms with E-state index < -0.39 is 54.7 Å². The van der Waals surface area contributed by atoms with Gasteiger partial charge >= 0.3 is 11.9 Å². The predicted octanol–water partition coefficient (Wildman–Crippen LogP) is -0.341. The Hall–Kier alpha value is -3.47. The summed E-state index contributed by atoms with van der Waals surface area (Å²) >= 11 is 0. The van der Waals surface area contributed by atoms with Gasteiger partial charge in [0.05, 0.1) is 12.5 Å². The van der Waals surface area contributed by atoms with E-state index in [9.17, 15) is 29.1 Å². The normalized spacial score (nSPS) is 16.4. The van der Waals surface area contributed by atoms with E-state index >= 15 is 0 Å². The van der Waals surface area contributed by atoms with Gasteiger partial charge in [-0.1, -0.05) is 19.1 Å². The van der Waals surface area contributed by atoms with Crippen molar-refractivity contribution < 1.29 is 34.2 Å². The zero-order valence-corrected chi connectivity index (χ0v) is 19.3. The van der Waals surface area contributed by atoms with Crippen molar-refractivity contribution in [3.63, 3.8) is 0 Å². The number of nitrogens with zero attached hydrogens (tertiary/aromatic N) is 2. The number of amides is 3. The van der Waals surface area contributed by atoms with Crippen molar-refractivity contribution in [2.24, 2.45) is 5.92 Å². The molecule has 1 aromatic carbocycles. The average Bonchev–Trinajstić information content (AvgIpc) is 2.78. The Labute approximate surface area is 192 Å². The molecule has 1 aromatic rings. The van der Waals surface area contributed by atoms with Gasteiger partial charge in [0.1, 0.15) is 12.6 Å². The molecule has 11 heteroatoms. The molecule has 4 N–H and O–H groups in total. The number of nitrogens with one attached hydrogen (secondary N) is 2. The molecule has 0 bridgehead atoms. The molecule has 1 aliphatic heterocycles. The van der Waals surface area contributed by atoms with Gasteiger partial charge in [0.15, 0.2) is 0 Å². The van der Waals surface area contributed by atoms with Gasteiger partial charge in [-0.2, -0.15) is 0 Å². The fourth-order valence-corrected chi connectivity index (χ4v) is 3.27. The monoisotopic (exact) mass is 464 g/mol. The zero-order chi connectivity index (χ0) is 25.1. The fourth-order valence-electron chi connectivity index (χ4n) is 3.27. The maximum atomic E-state index is 12.7. The van der Waals surface area contributed by atoms with Crippen LogP contribution in [0.2, 0.25) is 0 Å². The molecule has 33 heavy (non-hydrogen) atoms. The minimum atomic E-state index is -1.34. The lowest BCUT2D eigenvalue weighted by Gasteiger charge is -2.41. The first kappa shape index (κ1) is 27.6. The van der Waals surface area contributed by atoms with Crippen LogP contribution in [0.3, 0.4) is 0 Å². The second kappa shape index (κ2) is 13.2. The number of piperazine rings is 1. The van der Waals surface area contributed by atoms with Crippen LogP contribution in [0.4, 0.5) is 0 Å². The molecule has 1 aliphatic rings. The minimum Gasteiger partial charge on any atom is -0.481 e. The zero-order valence-electron chi connectivity index (χ0n) is 19.3. The van der Waals surface area contributed by atoms with Crippen LogP contribution in [-0.4, -0.2) is 96.0 Å². The van der Waals surface area contributed by atoms with Crippen molar-refractivity contribution >= 4 is 29.7 Å². The molecule has 2 rings (SSSR count). The molecule has 1 saturated heterocycles. The van der Waals surface area contributed by atoms with Crippen LogP contribution in [0.25, 0.3) is 0 Å². The van der Waals surface area contributed by atoms with Crippen LogP contribution in [0.5, 0.6) is 0 Å². The number of carboxylic acid groups (broad SMARTS) is 2. The largest absolute Gasteiger partial charge is 0.481 e. The molecule has 1 heterocycles. The number of benzene rings is 1. The summed E-state index contributed by atoms with van der Waals surface area (Å²) < 4.78 is 0. The second-order valence-electron chi connectivity index (χ2n) is 7.55. The average molecular weight is 465 g/mol. The highest BCUT2D eigenvalue weighted by Crippen LogP contribution is 2.20. The Morgan fingerprint density at radius 3 is 2.15 bits per heavy atom. The Kier molecular flexibility index (Phi) is 11.0. The molecule has 0 aromatic heterocycles. The summed E-state index contributed by atoms with van der Waals surface area (Å²) in [6.45, 7) is 2.22. The maximum absolute atomic E-state index is 12.7. The van der Waals surface area contributed by atoms with Gasteiger partial charge in [-0.25, -0.2) is 0 Å². The van der Waals surface area contributed by atoms with Crippen molar-refractivity contribution in [2.75, 3.05) is 40.3 Å². The lowest BCUT2D eigenvalue weighted by molar-refractivity contribution is -0.161. The van der Waals surface area contributed by atoms with Gasteiger partial charge in [0.2, 0.25) is 11.8 Å². The summed E-state index contributed by atoms with van der Waals surface area (Å²) in [5.41, 5.74) is 1.43. The lowest BCUT2D eigenvalue weighted by atomic mass is 9.96. The number of aliphatic carboxylic acids is 2. The van der Waals surface area contributed by atoms with Crippen LogP contribution in [0.1, 0.15) is 29.8 Å². The third kappa shape index (κ3) is 7.86. The summed E-state index contributed by atoms with van der Waals surface area (Å²) in [6.07, 6.45) is 0.825. The molecule has 2 atom stereocenters. The Morgan fingerprint density at radius 2 is 1.67 bits per heavy atom. The topological polar surface area (TPSA) is 156 Å². The minimum absolute atomic E-state index is 0.0266. The van der Waals surface area contributed by atoms with Gasteiger partial charge in [-0.05, 0) is 45.1 Å². The molecule has 1 fully saturated rings. The standard InChI is InChI=1S/C20H25N3O7.C2H7N/c1-3-13-4-6-14(7-5-13)18(27)21-10-15(24)23-9-8-22(11-16(25)26)19(28)17(23)12(2)20(29)30;1-3-2/h4-7,12,17H,3,8-11H2,1-2H3,(H,21,27)(H,25,26)(H,29,30);3H,1-2H3. The van der Waals surface area contributed by atoms with E-state index in [0.29, 0.717) is 5.56 Å². The van der Waals surface area contributed by atoms with Crippen molar-refractivity contribution in [1.29, 1.82) is 0 Å². The number of carboxylic acids is 2. The molecule has 0 radical (unpaired) electrons. The number of aryl methyl sites for hydroxylation is 1. The first-order valence-corrected chi connectivity index (χ1v) is 10.6. The second-order valence-corrected chi connectivity index (χ2v) is 7.55. The number of carbonyl (C=O) groups excluding carboxylic acids is 3. The van der Waals surface area contributed by atoms with Gasteiger partial charge in [-0.3, -0.25) is 24.0 Å². The molecule has 182 valence electrons. The van der Waals surface area contributed by atoms with Crippen molar-refractivity contribution in [2.45, 2.75) is 26.3 Å². The summed E-state index contributed by atoms with van der Waals surface area (Å²) in [6, 6.07) is 5.55. The van der Waals surface area contributed by atoms with Crippen LogP contribution >= 0.6 is 0 Å². The quantitative estimate of drug-likeness (QED) is 0.407. The van der Waals surface area contributed by atoms with Crippen LogP contribution in [0.15, 0.2) is 24.3 Å². The van der Waals surface area contributed by atoms with Crippen molar-refractivity contribution in [3.8, 4) is 0 Å². The number of hydrogen-bond donors (Lipinski definition) is 4. The van der Waals surface area contributed by atoms with E-state index in [1.54, 1.807) is 12.1 Å². The summed E-state index contributed by atoms with van der Waals surface area (Å²) in [7, 11) is 3.75. The summed E-state index contributed by atoms with van der Waals surface area (Å²) in [5, 5.41) is 23.5. The van der Waals surface area contributed by atoms with Gasteiger partial charge < -0.3 is 30.6 Å². The Bertz CT molecular complexity index is 857. The van der Waals surface area contributed by atoms with Crippen molar-refractivity contribution in [1.82, 2.24) is 20.4 Å². The smallest absolute Gasteiger partial charge is 0.323 e. The third-order valence-corrected chi connectivity index (χ3v) is 5.05. The number of hydrogen-bond acceptors (Lipinski definition) is 6. The van der Waals surface area contributed by atoms with E-state index in [1.165, 1.54) is 6.92 Å². The fraction of sp³-hybridized carbons (Fsp3) is 0.500. The molecule has 2 unspecified atom stereocenters. The van der Waals surface area contributed by atoms with Gasteiger partial charge in [-0.15, -0.1) is 0 Å². The van der Waals surface area contributed by atoms with E-state index in [0.717, 1.165) is 21.8 Å². The highest BCUT2D eigenvalue weighted by Gasteiger charge is 2.43. The molecule has 0 saturated carbocycles. The molecular formula is C22H32N4O7. The highest BCUT2D eigenvalue weighted by molar-refractivity contribution is 5.98. The molecule has 11 nitrogen and oxygen atoms in total. The van der Waals surface area contributed by atoms with E-state index in [2.05, 4.69) is 10.6 Å². The SMILES string of the molecule is CCc1ccc(C(=O)NCC(=O)N2CCN(CC(=O)O)C(=O)C2C(C)C(=O)O)cc1.CNC. The molecular weight excluding hydrogens is 432 g/mol. The molecule has 0 spiro atoms. The van der Waals surface area contributed by atoms with Crippen LogP contribution < -0.4 is 10.6 Å². The Morgan fingerprint density at radius 1 is 1.09 bits per heavy atom. The molecule has 0 aliphatic carbocycles. The van der Waals surface area contributed by atoms with Gasteiger partial charge in [0, 0.05) is 18.7 Å². The summed E-state index contributed by atoms with van der Waals surface area (Å²) in [5.74, 6) is -5.59. The van der Waals surface area contributed by atoms with E-state index in [1.807, 2.05) is 33.2 Å². The summed E-state index contributed by atoms with van der Waals surface area (Å²) in [4.78, 5) is 62.1.